The molecule has 0 radical (unpaired) electrons. The average molecular weight is 333 g/mol. The summed E-state index contributed by atoms with van der Waals surface area (Å²) in [5, 5.41) is 5.97. The van der Waals surface area contributed by atoms with Gasteiger partial charge in [0.15, 0.2) is 0 Å². The summed E-state index contributed by atoms with van der Waals surface area (Å²) in [6.45, 7) is 11.0. The van der Waals surface area contributed by atoms with E-state index in [0.717, 1.165) is 39.3 Å². The molecule has 1 aliphatic rings. The number of rotatable bonds is 7. The summed E-state index contributed by atoms with van der Waals surface area (Å²) in [5.41, 5.74) is 2.49. The van der Waals surface area contributed by atoms with Gasteiger partial charge in [0.25, 0.3) is 0 Å². The molecule has 0 saturated carbocycles. The fourth-order valence-electron chi connectivity index (χ4n) is 2.86. The van der Waals surface area contributed by atoms with Crippen molar-refractivity contribution in [3.05, 3.63) is 35.4 Å². The van der Waals surface area contributed by atoms with E-state index >= 15 is 0 Å². The summed E-state index contributed by atoms with van der Waals surface area (Å²) < 4.78 is 5.46. The number of ether oxygens (including phenoxy) is 1. The summed E-state index contributed by atoms with van der Waals surface area (Å²) in [6, 6.07) is 8.69. The first-order chi connectivity index (χ1) is 11.6. The van der Waals surface area contributed by atoms with Gasteiger partial charge in [-0.1, -0.05) is 43.7 Å². The number of hydrogen-bond acceptors (Lipinski definition) is 3. The van der Waals surface area contributed by atoms with Gasteiger partial charge >= 0.3 is 6.03 Å². The highest BCUT2D eigenvalue weighted by Gasteiger charge is 2.23. The van der Waals surface area contributed by atoms with Crippen LogP contribution in [0.1, 0.15) is 37.4 Å². The molecule has 2 N–H and O–H groups in total. The summed E-state index contributed by atoms with van der Waals surface area (Å²) in [4.78, 5) is 14.4. The lowest BCUT2D eigenvalue weighted by molar-refractivity contribution is 0.0167. The van der Waals surface area contributed by atoms with Crippen LogP contribution < -0.4 is 10.6 Å². The zero-order valence-electron chi connectivity index (χ0n) is 15.2. The van der Waals surface area contributed by atoms with Crippen LogP contribution in [0.25, 0.3) is 0 Å². The van der Waals surface area contributed by atoms with Crippen LogP contribution in [0, 0.1) is 12.8 Å². The molecule has 5 heteroatoms. The van der Waals surface area contributed by atoms with Crippen molar-refractivity contribution >= 4 is 6.03 Å². The molecule has 1 aliphatic heterocycles. The van der Waals surface area contributed by atoms with Crippen LogP contribution in [-0.4, -0.2) is 50.3 Å². The molecule has 1 atom stereocenters. The molecule has 1 heterocycles. The lowest BCUT2D eigenvalue weighted by atomic mass is 10.0. The van der Waals surface area contributed by atoms with E-state index in [1.807, 2.05) is 0 Å². The van der Waals surface area contributed by atoms with Gasteiger partial charge in [0.05, 0.1) is 19.3 Å². The predicted molar refractivity (Wildman–Crippen MR) is 97.2 cm³/mol. The lowest BCUT2D eigenvalue weighted by Gasteiger charge is -2.35. The van der Waals surface area contributed by atoms with E-state index in [0.29, 0.717) is 12.5 Å². The second-order valence-corrected chi connectivity index (χ2v) is 6.89. The van der Waals surface area contributed by atoms with E-state index in [1.165, 1.54) is 11.1 Å². The SMILES string of the molecule is Cc1ccc(C(CNC(=O)NCCC(C)C)N2CCOCC2)cc1. The van der Waals surface area contributed by atoms with Crippen molar-refractivity contribution in [2.24, 2.45) is 5.92 Å². The zero-order valence-corrected chi connectivity index (χ0v) is 15.2. The van der Waals surface area contributed by atoms with Gasteiger partial charge in [0.1, 0.15) is 0 Å². The highest BCUT2D eigenvalue weighted by atomic mass is 16.5. The lowest BCUT2D eigenvalue weighted by Crippen LogP contribution is -2.45. The Hall–Kier alpha value is -1.59. The maximum absolute atomic E-state index is 12.0. The Balaban J connectivity index is 1.93. The normalized spacial score (nSPS) is 16.8. The number of carbonyl (C=O) groups excluding carboxylic acids is 1. The molecule has 2 rings (SSSR count). The Kier molecular flexibility index (Phi) is 7.53. The summed E-state index contributed by atoms with van der Waals surface area (Å²) in [5.74, 6) is 0.596. The van der Waals surface area contributed by atoms with Crippen LogP contribution in [-0.2, 0) is 4.74 Å². The van der Waals surface area contributed by atoms with Gasteiger partial charge < -0.3 is 15.4 Å². The molecular formula is C19H31N3O2. The van der Waals surface area contributed by atoms with Crippen LogP contribution in [0.3, 0.4) is 0 Å². The second-order valence-electron chi connectivity index (χ2n) is 6.89. The molecular weight excluding hydrogens is 302 g/mol. The Bertz CT molecular complexity index is 496. The van der Waals surface area contributed by atoms with Crippen molar-refractivity contribution < 1.29 is 9.53 Å². The quantitative estimate of drug-likeness (QED) is 0.807. The number of aryl methyl sites for hydroxylation is 1. The van der Waals surface area contributed by atoms with Crippen molar-refractivity contribution in [2.45, 2.75) is 33.2 Å². The first kappa shape index (κ1) is 18.7. The number of hydrogen-bond donors (Lipinski definition) is 2. The third kappa shape index (κ3) is 6.13. The van der Waals surface area contributed by atoms with Crippen LogP contribution in [0.5, 0.6) is 0 Å². The van der Waals surface area contributed by atoms with Gasteiger partial charge in [-0.2, -0.15) is 0 Å². The average Bonchev–Trinajstić information content (AvgIpc) is 2.57. The van der Waals surface area contributed by atoms with Gasteiger partial charge in [-0.05, 0) is 24.8 Å². The van der Waals surface area contributed by atoms with Crippen LogP contribution in [0.2, 0.25) is 0 Å². The third-order valence-corrected chi connectivity index (χ3v) is 4.41. The molecule has 0 bridgehead atoms. The Morgan fingerprint density at radius 1 is 1.17 bits per heavy atom. The van der Waals surface area contributed by atoms with Gasteiger partial charge in [-0.3, -0.25) is 4.90 Å². The smallest absolute Gasteiger partial charge is 0.314 e. The Morgan fingerprint density at radius 3 is 2.46 bits per heavy atom. The number of benzene rings is 1. The van der Waals surface area contributed by atoms with Crippen molar-refractivity contribution in [2.75, 3.05) is 39.4 Å². The molecule has 2 amide bonds. The fourth-order valence-corrected chi connectivity index (χ4v) is 2.86. The molecule has 0 aliphatic carbocycles. The fraction of sp³-hybridized carbons (Fsp3) is 0.632. The molecule has 1 fully saturated rings. The highest BCUT2D eigenvalue weighted by molar-refractivity contribution is 5.73. The second kappa shape index (κ2) is 9.64. The van der Waals surface area contributed by atoms with Gasteiger partial charge in [0, 0.05) is 26.2 Å². The summed E-state index contributed by atoms with van der Waals surface area (Å²) in [7, 11) is 0. The topological polar surface area (TPSA) is 53.6 Å². The van der Waals surface area contributed by atoms with Crippen LogP contribution in [0.15, 0.2) is 24.3 Å². The minimum Gasteiger partial charge on any atom is -0.379 e. The molecule has 5 nitrogen and oxygen atoms in total. The van der Waals surface area contributed by atoms with Crippen LogP contribution in [0.4, 0.5) is 4.79 Å². The molecule has 0 aromatic heterocycles. The minimum absolute atomic E-state index is 0.0824. The van der Waals surface area contributed by atoms with Gasteiger partial charge in [-0.15, -0.1) is 0 Å². The number of amides is 2. The van der Waals surface area contributed by atoms with Crippen molar-refractivity contribution in [3.8, 4) is 0 Å². The molecule has 1 aromatic carbocycles. The number of carbonyl (C=O) groups is 1. The van der Waals surface area contributed by atoms with E-state index in [4.69, 9.17) is 4.74 Å². The molecule has 134 valence electrons. The van der Waals surface area contributed by atoms with Crippen molar-refractivity contribution in [3.63, 3.8) is 0 Å². The Labute approximate surface area is 145 Å². The molecule has 1 saturated heterocycles. The zero-order chi connectivity index (χ0) is 17.4. The molecule has 1 unspecified atom stereocenters. The van der Waals surface area contributed by atoms with Crippen molar-refractivity contribution in [1.82, 2.24) is 15.5 Å². The van der Waals surface area contributed by atoms with Crippen molar-refractivity contribution in [1.29, 1.82) is 0 Å². The van der Waals surface area contributed by atoms with E-state index in [9.17, 15) is 4.79 Å². The van der Waals surface area contributed by atoms with Gasteiger partial charge in [-0.25, -0.2) is 4.79 Å². The molecule has 0 spiro atoms. The molecule has 24 heavy (non-hydrogen) atoms. The number of nitrogens with zero attached hydrogens (tertiary/aromatic N) is 1. The number of nitrogens with one attached hydrogen (secondary N) is 2. The highest BCUT2D eigenvalue weighted by Crippen LogP contribution is 2.21. The van der Waals surface area contributed by atoms with E-state index < -0.39 is 0 Å². The first-order valence-corrected chi connectivity index (χ1v) is 8.96. The first-order valence-electron chi connectivity index (χ1n) is 8.96. The summed E-state index contributed by atoms with van der Waals surface area (Å²) in [6.07, 6.45) is 0.998. The van der Waals surface area contributed by atoms with Crippen LogP contribution >= 0.6 is 0 Å². The maximum Gasteiger partial charge on any atom is 0.314 e. The summed E-state index contributed by atoms with van der Waals surface area (Å²) >= 11 is 0. The Morgan fingerprint density at radius 2 is 1.83 bits per heavy atom. The largest absolute Gasteiger partial charge is 0.379 e. The van der Waals surface area contributed by atoms with E-state index in [2.05, 4.69) is 60.6 Å². The number of urea groups is 1. The maximum atomic E-state index is 12.0. The predicted octanol–water partition coefficient (Wildman–Crippen LogP) is 2.71. The standard InChI is InChI=1S/C19H31N3O2/c1-15(2)8-9-20-19(23)21-14-18(22-10-12-24-13-11-22)17-6-4-16(3)5-7-17/h4-7,15,18H,8-14H2,1-3H3,(H2,20,21,23). The number of morpholine rings is 1. The van der Waals surface area contributed by atoms with E-state index in [-0.39, 0.29) is 12.1 Å². The van der Waals surface area contributed by atoms with Gasteiger partial charge in [0.2, 0.25) is 0 Å². The monoisotopic (exact) mass is 333 g/mol. The third-order valence-electron chi connectivity index (χ3n) is 4.41. The minimum atomic E-state index is -0.0824. The molecule has 1 aromatic rings. The van der Waals surface area contributed by atoms with E-state index in [1.54, 1.807) is 0 Å².